The number of carbonyl (C=O) groups is 1. The van der Waals surface area contributed by atoms with Gasteiger partial charge in [0.25, 0.3) is 5.56 Å². The van der Waals surface area contributed by atoms with Crippen LogP contribution >= 0.6 is 0 Å². The highest BCUT2D eigenvalue weighted by molar-refractivity contribution is 5.92. The lowest BCUT2D eigenvalue weighted by Crippen LogP contribution is -2.41. The van der Waals surface area contributed by atoms with Gasteiger partial charge in [0.05, 0.1) is 12.6 Å². The molecule has 148 valence electrons. The summed E-state index contributed by atoms with van der Waals surface area (Å²) in [5.41, 5.74) is 1.13. The van der Waals surface area contributed by atoms with Crippen LogP contribution in [0.4, 0.5) is 0 Å². The van der Waals surface area contributed by atoms with Crippen molar-refractivity contribution in [1.29, 1.82) is 0 Å². The lowest BCUT2D eigenvalue weighted by molar-refractivity contribution is -0.122. The summed E-state index contributed by atoms with van der Waals surface area (Å²) >= 11 is 0. The Morgan fingerprint density at radius 1 is 1.25 bits per heavy atom. The average Bonchev–Trinajstić information content (AvgIpc) is 3.11. The maximum atomic E-state index is 13.1. The largest absolute Gasteiger partial charge is 0.496 e. The van der Waals surface area contributed by atoms with Crippen LogP contribution in [0.15, 0.2) is 29.1 Å². The third kappa shape index (κ3) is 3.25. The number of aromatic nitrogens is 3. The molecule has 1 aliphatic rings. The van der Waals surface area contributed by atoms with E-state index < -0.39 is 0 Å². The van der Waals surface area contributed by atoms with E-state index in [1.165, 1.54) is 11.1 Å². The van der Waals surface area contributed by atoms with Crippen molar-refractivity contribution in [2.45, 2.75) is 58.0 Å². The summed E-state index contributed by atoms with van der Waals surface area (Å²) in [4.78, 5) is 25.6. The van der Waals surface area contributed by atoms with Crippen LogP contribution in [0.1, 0.15) is 44.9 Å². The molecule has 0 atom stereocenters. The fraction of sp³-hybridized carbons (Fsp3) is 0.476. The first-order valence-corrected chi connectivity index (χ1v) is 10.00. The van der Waals surface area contributed by atoms with Gasteiger partial charge in [0, 0.05) is 17.8 Å². The molecular formula is C21H26N4O3. The number of nitrogens with one attached hydrogen (secondary N) is 1. The average molecular weight is 382 g/mol. The van der Waals surface area contributed by atoms with Gasteiger partial charge < -0.3 is 10.1 Å². The molecule has 0 bridgehead atoms. The number of methoxy groups -OCH3 is 1. The van der Waals surface area contributed by atoms with Gasteiger partial charge in [-0.05, 0) is 31.0 Å². The van der Waals surface area contributed by atoms with E-state index >= 15 is 0 Å². The minimum atomic E-state index is -0.269. The van der Waals surface area contributed by atoms with Crippen molar-refractivity contribution in [2.75, 3.05) is 7.11 Å². The second-order valence-electron chi connectivity index (χ2n) is 7.39. The van der Waals surface area contributed by atoms with Crippen molar-refractivity contribution in [1.82, 2.24) is 19.5 Å². The lowest BCUT2D eigenvalue weighted by Gasteiger charge is -2.22. The summed E-state index contributed by atoms with van der Waals surface area (Å²) in [5.74, 6) is 1.30. The number of rotatable bonds is 5. The SMILES string of the molecule is CCc1nn(CC(=O)NC2CCCCC2)c(=O)c2cc3c(OC)cccc3n12. The highest BCUT2D eigenvalue weighted by Gasteiger charge is 2.19. The number of fused-ring (bicyclic) bond motifs is 3. The highest BCUT2D eigenvalue weighted by Crippen LogP contribution is 2.28. The highest BCUT2D eigenvalue weighted by atomic mass is 16.5. The lowest BCUT2D eigenvalue weighted by atomic mass is 9.95. The van der Waals surface area contributed by atoms with Gasteiger partial charge in [-0.15, -0.1) is 0 Å². The third-order valence-corrected chi connectivity index (χ3v) is 5.55. The van der Waals surface area contributed by atoms with Crippen LogP contribution < -0.4 is 15.6 Å². The maximum absolute atomic E-state index is 13.1. The second-order valence-corrected chi connectivity index (χ2v) is 7.39. The second kappa shape index (κ2) is 7.66. The van der Waals surface area contributed by atoms with E-state index in [-0.39, 0.29) is 24.1 Å². The Hall–Kier alpha value is -2.83. The molecule has 0 saturated heterocycles. The molecule has 0 unspecified atom stereocenters. The Morgan fingerprint density at radius 2 is 2.04 bits per heavy atom. The van der Waals surface area contributed by atoms with E-state index in [4.69, 9.17) is 4.74 Å². The van der Waals surface area contributed by atoms with Crippen molar-refractivity contribution < 1.29 is 9.53 Å². The van der Waals surface area contributed by atoms with Crippen LogP contribution in [0.2, 0.25) is 0 Å². The number of carbonyl (C=O) groups excluding carboxylic acids is 1. The molecule has 28 heavy (non-hydrogen) atoms. The van der Waals surface area contributed by atoms with Crippen molar-refractivity contribution in [3.8, 4) is 5.75 Å². The monoisotopic (exact) mass is 382 g/mol. The van der Waals surface area contributed by atoms with Crippen molar-refractivity contribution in [3.05, 3.63) is 40.4 Å². The van der Waals surface area contributed by atoms with Crippen LogP contribution in [0.5, 0.6) is 5.75 Å². The summed E-state index contributed by atoms with van der Waals surface area (Å²) in [7, 11) is 1.62. The number of ether oxygens (including phenoxy) is 1. The molecule has 1 aliphatic carbocycles. The molecule has 1 amide bonds. The molecule has 1 saturated carbocycles. The molecule has 2 aromatic heterocycles. The summed E-state index contributed by atoms with van der Waals surface area (Å²) in [6.07, 6.45) is 6.19. The molecule has 7 nitrogen and oxygen atoms in total. The van der Waals surface area contributed by atoms with Crippen molar-refractivity contribution >= 4 is 22.3 Å². The van der Waals surface area contributed by atoms with Gasteiger partial charge in [-0.2, -0.15) is 5.10 Å². The minimum absolute atomic E-state index is 0.0580. The van der Waals surface area contributed by atoms with E-state index in [1.54, 1.807) is 7.11 Å². The first-order valence-electron chi connectivity index (χ1n) is 10.00. The zero-order chi connectivity index (χ0) is 19.7. The topological polar surface area (TPSA) is 77.6 Å². The molecule has 0 aliphatic heterocycles. The molecule has 7 heteroatoms. The maximum Gasteiger partial charge on any atom is 0.291 e. The Balaban J connectivity index is 1.73. The first kappa shape index (κ1) is 18.5. The number of hydrogen-bond acceptors (Lipinski definition) is 4. The van der Waals surface area contributed by atoms with Crippen LogP contribution in [-0.4, -0.2) is 33.2 Å². The fourth-order valence-corrected chi connectivity index (χ4v) is 4.17. The van der Waals surface area contributed by atoms with Crippen molar-refractivity contribution in [2.24, 2.45) is 0 Å². The third-order valence-electron chi connectivity index (χ3n) is 5.55. The van der Waals surface area contributed by atoms with Gasteiger partial charge in [-0.1, -0.05) is 32.3 Å². The zero-order valence-corrected chi connectivity index (χ0v) is 16.4. The quantitative estimate of drug-likeness (QED) is 0.736. The summed E-state index contributed by atoms with van der Waals surface area (Å²) in [6.45, 7) is 1.93. The summed E-state index contributed by atoms with van der Waals surface area (Å²) < 4.78 is 8.60. The van der Waals surface area contributed by atoms with Crippen molar-refractivity contribution in [3.63, 3.8) is 0 Å². The molecule has 2 heterocycles. The zero-order valence-electron chi connectivity index (χ0n) is 16.4. The number of nitrogens with zero attached hydrogens (tertiary/aromatic N) is 3. The van der Waals surface area contributed by atoms with Crippen LogP contribution in [-0.2, 0) is 17.8 Å². The van der Waals surface area contributed by atoms with E-state index in [0.29, 0.717) is 17.7 Å². The normalized spacial score (nSPS) is 15.2. The van der Waals surface area contributed by atoms with Gasteiger partial charge >= 0.3 is 0 Å². The Morgan fingerprint density at radius 3 is 2.75 bits per heavy atom. The number of aryl methyl sites for hydroxylation is 1. The van der Waals surface area contributed by atoms with E-state index in [0.717, 1.165) is 42.4 Å². The molecule has 1 N–H and O–H groups in total. The van der Waals surface area contributed by atoms with E-state index in [1.807, 2.05) is 35.6 Å². The Bertz CT molecular complexity index is 1080. The van der Waals surface area contributed by atoms with Gasteiger partial charge in [0.1, 0.15) is 23.6 Å². The predicted octanol–water partition coefficient (Wildman–Crippen LogP) is 2.67. The first-order chi connectivity index (χ1) is 13.6. The van der Waals surface area contributed by atoms with Gasteiger partial charge in [-0.25, -0.2) is 4.68 Å². The van der Waals surface area contributed by atoms with Crippen LogP contribution in [0.25, 0.3) is 16.4 Å². The number of amides is 1. The van der Waals surface area contributed by atoms with Crippen LogP contribution in [0.3, 0.4) is 0 Å². The molecular weight excluding hydrogens is 356 g/mol. The standard InChI is InChI=1S/C21H26N4O3/c1-3-19-23-24(13-20(26)22-14-8-5-4-6-9-14)21(27)17-12-15-16(25(17)19)10-7-11-18(15)28-2/h7,10-12,14H,3-6,8-9,13H2,1-2H3,(H,22,26). The minimum Gasteiger partial charge on any atom is -0.496 e. The molecule has 0 radical (unpaired) electrons. The number of benzene rings is 1. The molecule has 3 aromatic rings. The van der Waals surface area contributed by atoms with Gasteiger partial charge in [0.15, 0.2) is 0 Å². The Labute approximate surface area is 163 Å². The summed E-state index contributed by atoms with van der Waals surface area (Å²) in [5, 5.41) is 8.42. The fourth-order valence-electron chi connectivity index (χ4n) is 4.17. The summed E-state index contributed by atoms with van der Waals surface area (Å²) in [6, 6.07) is 7.76. The smallest absolute Gasteiger partial charge is 0.291 e. The molecule has 4 rings (SSSR count). The molecule has 1 fully saturated rings. The predicted molar refractivity (Wildman–Crippen MR) is 108 cm³/mol. The number of hydrogen-bond donors (Lipinski definition) is 1. The molecule has 0 spiro atoms. The van der Waals surface area contributed by atoms with E-state index in [2.05, 4.69) is 10.4 Å². The Kier molecular flexibility index (Phi) is 5.07. The van der Waals surface area contributed by atoms with E-state index in [9.17, 15) is 9.59 Å². The van der Waals surface area contributed by atoms with Crippen LogP contribution in [0, 0.1) is 0 Å². The van der Waals surface area contributed by atoms with Gasteiger partial charge in [0.2, 0.25) is 5.91 Å². The molecule has 1 aromatic carbocycles. The van der Waals surface area contributed by atoms with Gasteiger partial charge in [-0.3, -0.25) is 14.0 Å².